The molecular weight excluding hydrogens is 332 g/mol. The molecule has 3 aromatic rings. The molecule has 2 aromatic carbocycles. The van der Waals surface area contributed by atoms with E-state index in [0.717, 1.165) is 5.56 Å². The van der Waals surface area contributed by atoms with Crippen molar-refractivity contribution in [2.45, 2.75) is 32.8 Å². The van der Waals surface area contributed by atoms with Crippen LogP contribution in [0.15, 0.2) is 57.7 Å². The van der Waals surface area contributed by atoms with Crippen molar-refractivity contribution in [1.82, 2.24) is 0 Å². The van der Waals surface area contributed by atoms with Crippen molar-refractivity contribution in [3.05, 3.63) is 75.6 Å². The molecule has 134 valence electrons. The number of esters is 1. The Morgan fingerprint density at radius 1 is 1.19 bits per heavy atom. The molecule has 0 aliphatic carbocycles. The van der Waals surface area contributed by atoms with Gasteiger partial charge in [0.1, 0.15) is 17.9 Å². The molecule has 0 unspecified atom stereocenters. The number of benzene rings is 2. The number of hydrogen-bond donors (Lipinski definition) is 1. The van der Waals surface area contributed by atoms with Crippen LogP contribution in [-0.2, 0) is 16.1 Å². The Morgan fingerprint density at radius 2 is 1.92 bits per heavy atom. The number of carbonyl (C=O) groups excluding carboxylic acids is 1. The van der Waals surface area contributed by atoms with Crippen molar-refractivity contribution < 1.29 is 19.1 Å². The fourth-order valence-electron chi connectivity index (χ4n) is 2.90. The predicted molar refractivity (Wildman–Crippen MR) is 98.2 cm³/mol. The monoisotopic (exact) mass is 352 g/mol. The minimum Gasteiger partial charge on any atom is -0.508 e. The Labute approximate surface area is 150 Å². The maximum Gasteiger partial charge on any atom is 0.336 e. The molecular formula is C21H20O5. The maximum absolute atomic E-state index is 12.2. The van der Waals surface area contributed by atoms with Gasteiger partial charge in [-0.2, -0.15) is 0 Å². The van der Waals surface area contributed by atoms with Gasteiger partial charge in [0.05, 0.1) is 6.42 Å². The van der Waals surface area contributed by atoms with Crippen LogP contribution in [-0.4, -0.2) is 11.1 Å². The molecule has 0 spiro atoms. The van der Waals surface area contributed by atoms with Crippen LogP contribution in [0.4, 0.5) is 0 Å². The highest BCUT2D eigenvalue weighted by Crippen LogP contribution is 2.28. The lowest BCUT2D eigenvalue weighted by atomic mass is 9.98. The summed E-state index contributed by atoms with van der Waals surface area (Å²) < 4.78 is 10.6. The molecule has 1 aromatic heterocycles. The summed E-state index contributed by atoms with van der Waals surface area (Å²) in [5.74, 6) is -0.245. The number of carbonyl (C=O) groups is 1. The zero-order valence-electron chi connectivity index (χ0n) is 14.7. The van der Waals surface area contributed by atoms with Crippen molar-refractivity contribution in [1.29, 1.82) is 0 Å². The molecule has 0 aliphatic heterocycles. The summed E-state index contributed by atoms with van der Waals surface area (Å²) in [4.78, 5) is 24.0. The van der Waals surface area contributed by atoms with Crippen molar-refractivity contribution in [3.8, 4) is 5.75 Å². The van der Waals surface area contributed by atoms with E-state index in [4.69, 9.17) is 9.15 Å². The molecule has 0 saturated heterocycles. The topological polar surface area (TPSA) is 76.7 Å². The van der Waals surface area contributed by atoms with Gasteiger partial charge in [-0.05, 0) is 30.5 Å². The first-order valence-electron chi connectivity index (χ1n) is 8.41. The third-order valence-corrected chi connectivity index (χ3v) is 4.45. The molecule has 0 radical (unpaired) electrons. The summed E-state index contributed by atoms with van der Waals surface area (Å²) in [6.07, 6.45) is 0.253. The second-order valence-electron chi connectivity index (χ2n) is 6.35. The Kier molecular flexibility index (Phi) is 5.07. The van der Waals surface area contributed by atoms with E-state index >= 15 is 0 Å². The van der Waals surface area contributed by atoms with Gasteiger partial charge in [-0.1, -0.05) is 37.3 Å². The highest BCUT2D eigenvalue weighted by molar-refractivity contribution is 5.85. The quantitative estimate of drug-likeness (QED) is 0.554. The van der Waals surface area contributed by atoms with E-state index in [1.807, 2.05) is 37.3 Å². The predicted octanol–water partition coefficient (Wildman–Crippen LogP) is 4.04. The van der Waals surface area contributed by atoms with Crippen LogP contribution in [0, 0.1) is 6.92 Å². The lowest BCUT2D eigenvalue weighted by molar-refractivity contribution is -0.145. The van der Waals surface area contributed by atoms with Crippen molar-refractivity contribution >= 4 is 16.9 Å². The lowest BCUT2D eigenvalue weighted by Gasteiger charge is -2.12. The van der Waals surface area contributed by atoms with Gasteiger partial charge < -0.3 is 14.3 Å². The summed E-state index contributed by atoms with van der Waals surface area (Å²) in [7, 11) is 0. The van der Waals surface area contributed by atoms with Crippen LogP contribution in [0.25, 0.3) is 11.0 Å². The summed E-state index contributed by atoms with van der Waals surface area (Å²) in [5, 5.41) is 10.4. The molecule has 5 nitrogen and oxygen atoms in total. The molecule has 1 atom stereocenters. The average molecular weight is 352 g/mol. The van der Waals surface area contributed by atoms with E-state index < -0.39 is 5.63 Å². The number of phenols is 1. The Morgan fingerprint density at radius 3 is 2.65 bits per heavy atom. The fraction of sp³-hybridized carbons (Fsp3) is 0.238. The molecule has 0 bridgehead atoms. The molecule has 5 heteroatoms. The van der Waals surface area contributed by atoms with Crippen LogP contribution < -0.4 is 5.63 Å². The van der Waals surface area contributed by atoms with Crippen molar-refractivity contribution in [2.24, 2.45) is 0 Å². The SMILES string of the molecule is Cc1c(O)ccc2c(COC(=O)C[C@H](C)c3ccccc3)cc(=O)oc12. The van der Waals surface area contributed by atoms with Crippen molar-refractivity contribution in [3.63, 3.8) is 0 Å². The summed E-state index contributed by atoms with van der Waals surface area (Å²) in [6, 6.07) is 14.2. The molecule has 1 N–H and O–H groups in total. The van der Waals surface area contributed by atoms with Crippen LogP contribution in [0.3, 0.4) is 0 Å². The zero-order chi connectivity index (χ0) is 18.7. The first-order chi connectivity index (χ1) is 12.5. The largest absolute Gasteiger partial charge is 0.508 e. The Hall–Kier alpha value is -3.08. The van der Waals surface area contributed by atoms with Gasteiger partial charge in [-0.15, -0.1) is 0 Å². The van der Waals surface area contributed by atoms with Crippen LogP contribution >= 0.6 is 0 Å². The number of fused-ring (bicyclic) bond motifs is 1. The molecule has 0 aliphatic rings. The van der Waals surface area contributed by atoms with Gasteiger partial charge in [-0.3, -0.25) is 4.79 Å². The minimum absolute atomic E-state index is 0.0212. The lowest BCUT2D eigenvalue weighted by Crippen LogP contribution is -2.10. The minimum atomic E-state index is -0.546. The fourth-order valence-corrected chi connectivity index (χ4v) is 2.90. The second kappa shape index (κ2) is 7.44. The number of phenolic OH excluding ortho intramolecular Hbond substituents is 1. The smallest absolute Gasteiger partial charge is 0.336 e. The van der Waals surface area contributed by atoms with E-state index in [0.29, 0.717) is 22.1 Å². The molecule has 26 heavy (non-hydrogen) atoms. The van der Waals surface area contributed by atoms with E-state index in [-0.39, 0.29) is 30.7 Å². The van der Waals surface area contributed by atoms with E-state index in [1.165, 1.54) is 12.1 Å². The second-order valence-corrected chi connectivity index (χ2v) is 6.35. The van der Waals surface area contributed by atoms with E-state index in [1.54, 1.807) is 13.0 Å². The van der Waals surface area contributed by atoms with Gasteiger partial charge in [0.25, 0.3) is 0 Å². The number of hydrogen-bond acceptors (Lipinski definition) is 5. The maximum atomic E-state index is 12.2. The van der Waals surface area contributed by atoms with Gasteiger partial charge in [0.15, 0.2) is 0 Å². The first kappa shape index (κ1) is 17.7. The molecule has 3 rings (SSSR count). The normalized spacial score (nSPS) is 12.1. The highest BCUT2D eigenvalue weighted by Gasteiger charge is 2.15. The Balaban J connectivity index is 1.74. The van der Waals surface area contributed by atoms with Gasteiger partial charge in [-0.25, -0.2) is 4.79 Å². The van der Waals surface area contributed by atoms with E-state index in [9.17, 15) is 14.7 Å². The van der Waals surface area contributed by atoms with Gasteiger partial charge >= 0.3 is 11.6 Å². The number of aromatic hydroxyl groups is 1. The Bertz CT molecular complexity index is 988. The average Bonchev–Trinajstić information content (AvgIpc) is 2.64. The van der Waals surface area contributed by atoms with E-state index in [2.05, 4.69) is 0 Å². The summed E-state index contributed by atoms with van der Waals surface area (Å²) in [5.41, 5.74) is 1.86. The standard InChI is InChI=1S/C21H20O5/c1-13(15-6-4-3-5-7-15)10-19(23)25-12-16-11-20(24)26-21-14(2)18(22)9-8-17(16)21/h3-9,11,13,22H,10,12H2,1-2H3/t13-/m0/s1. The molecule has 0 saturated carbocycles. The number of rotatable bonds is 5. The number of ether oxygens (including phenoxy) is 1. The van der Waals surface area contributed by atoms with Crippen LogP contribution in [0.2, 0.25) is 0 Å². The molecule has 0 fully saturated rings. The number of aryl methyl sites for hydroxylation is 1. The van der Waals surface area contributed by atoms with Crippen molar-refractivity contribution in [2.75, 3.05) is 0 Å². The highest BCUT2D eigenvalue weighted by atomic mass is 16.5. The third kappa shape index (κ3) is 3.77. The van der Waals surface area contributed by atoms with Crippen LogP contribution in [0.1, 0.15) is 36.0 Å². The zero-order valence-corrected chi connectivity index (χ0v) is 14.7. The summed E-state index contributed by atoms with van der Waals surface area (Å²) in [6.45, 7) is 3.61. The van der Waals surface area contributed by atoms with Gasteiger partial charge in [0.2, 0.25) is 0 Å². The first-order valence-corrected chi connectivity index (χ1v) is 8.41. The molecule has 1 heterocycles. The third-order valence-electron chi connectivity index (χ3n) is 4.45. The van der Waals surface area contributed by atoms with Gasteiger partial charge in [0, 0.05) is 22.6 Å². The molecule has 0 amide bonds. The van der Waals surface area contributed by atoms with Crippen LogP contribution in [0.5, 0.6) is 5.75 Å². The summed E-state index contributed by atoms with van der Waals surface area (Å²) >= 11 is 0.